The van der Waals surface area contributed by atoms with Gasteiger partial charge in [0, 0.05) is 31.7 Å². The summed E-state index contributed by atoms with van der Waals surface area (Å²) in [4.78, 5) is 4.48. The summed E-state index contributed by atoms with van der Waals surface area (Å²) in [6.45, 7) is 2.87. The molecule has 1 aliphatic carbocycles. The molecule has 0 bridgehead atoms. The van der Waals surface area contributed by atoms with Crippen LogP contribution in [0.4, 0.5) is 10.1 Å². The summed E-state index contributed by atoms with van der Waals surface area (Å²) >= 11 is 0. The van der Waals surface area contributed by atoms with Gasteiger partial charge in [0.15, 0.2) is 5.82 Å². The van der Waals surface area contributed by atoms with E-state index < -0.39 is 0 Å². The largest absolute Gasteiger partial charge is 0.497 e. The van der Waals surface area contributed by atoms with E-state index in [4.69, 9.17) is 9.47 Å². The first kappa shape index (κ1) is 23.5. The second kappa shape index (κ2) is 10.6. The third-order valence-corrected chi connectivity index (χ3v) is 7.29. The molecule has 1 aliphatic heterocycles. The van der Waals surface area contributed by atoms with Crippen molar-refractivity contribution >= 4 is 5.69 Å². The zero-order valence-corrected chi connectivity index (χ0v) is 20.4. The van der Waals surface area contributed by atoms with Crippen LogP contribution in [0.15, 0.2) is 42.5 Å². The number of methoxy groups -OCH3 is 2. The van der Waals surface area contributed by atoms with Crippen molar-refractivity contribution in [2.75, 3.05) is 45.3 Å². The molecule has 2 heterocycles. The SMILES string of the molecule is COc1ccc(OC)c([C@@H](c2nnnn2C2CCCCC2)N2CCN(c3ccccc3F)CC2)c1. The Kier molecular flexibility index (Phi) is 7.13. The zero-order valence-electron chi connectivity index (χ0n) is 20.4. The Morgan fingerprint density at radius 2 is 1.71 bits per heavy atom. The molecular weight excluding hydrogens is 447 g/mol. The maximum Gasteiger partial charge on any atom is 0.173 e. The number of hydrogen-bond donors (Lipinski definition) is 0. The monoisotopic (exact) mass is 480 g/mol. The van der Waals surface area contributed by atoms with E-state index >= 15 is 0 Å². The van der Waals surface area contributed by atoms with Crippen LogP contribution in [0.3, 0.4) is 0 Å². The van der Waals surface area contributed by atoms with Gasteiger partial charge in [-0.05, 0) is 53.6 Å². The Labute approximate surface area is 205 Å². The first-order valence-corrected chi connectivity index (χ1v) is 12.4. The molecular formula is C26H33FN6O2. The predicted octanol–water partition coefficient (Wildman–Crippen LogP) is 4.25. The first-order chi connectivity index (χ1) is 17.2. The summed E-state index contributed by atoms with van der Waals surface area (Å²) in [6.07, 6.45) is 5.82. The Balaban J connectivity index is 1.50. The smallest absolute Gasteiger partial charge is 0.173 e. The van der Waals surface area contributed by atoms with Crippen LogP contribution in [0.5, 0.6) is 11.5 Å². The minimum absolute atomic E-state index is 0.187. The number of anilines is 1. The Morgan fingerprint density at radius 1 is 0.943 bits per heavy atom. The molecule has 35 heavy (non-hydrogen) atoms. The lowest BCUT2D eigenvalue weighted by Crippen LogP contribution is -2.48. The van der Waals surface area contributed by atoms with E-state index in [-0.39, 0.29) is 11.9 Å². The Bertz CT molecular complexity index is 1120. The highest BCUT2D eigenvalue weighted by molar-refractivity contribution is 5.48. The number of halogens is 1. The quantitative estimate of drug-likeness (QED) is 0.501. The molecule has 0 N–H and O–H groups in total. The molecule has 1 saturated carbocycles. The molecule has 0 spiro atoms. The van der Waals surface area contributed by atoms with Crippen LogP contribution >= 0.6 is 0 Å². The molecule has 9 heteroatoms. The third-order valence-electron chi connectivity index (χ3n) is 7.29. The molecule has 2 aromatic carbocycles. The van der Waals surface area contributed by atoms with Crippen LogP contribution in [0.25, 0.3) is 0 Å². The second-order valence-electron chi connectivity index (χ2n) is 9.26. The molecule has 2 aliphatic rings. The number of hydrogen-bond acceptors (Lipinski definition) is 7. The van der Waals surface area contributed by atoms with Gasteiger partial charge >= 0.3 is 0 Å². The molecule has 0 unspecified atom stereocenters. The number of nitrogens with zero attached hydrogens (tertiary/aromatic N) is 6. The minimum Gasteiger partial charge on any atom is -0.497 e. The van der Waals surface area contributed by atoms with Crippen molar-refractivity contribution in [2.24, 2.45) is 0 Å². The van der Waals surface area contributed by atoms with Gasteiger partial charge in [-0.2, -0.15) is 0 Å². The van der Waals surface area contributed by atoms with Gasteiger partial charge in [-0.3, -0.25) is 4.90 Å². The fourth-order valence-electron chi connectivity index (χ4n) is 5.45. The molecule has 5 rings (SSSR count). The number of rotatable bonds is 7. The normalized spacial score (nSPS) is 18.4. The summed E-state index contributed by atoms with van der Waals surface area (Å²) in [5.41, 5.74) is 1.62. The van der Waals surface area contributed by atoms with Crippen LogP contribution in [-0.2, 0) is 0 Å². The maximum absolute atomic E-state index is 14.4. The van der Waals surface area contributed by atoms with Gasteiger partial charge in [-0.1, -0.05) is 31.4 Å². The topological polar surface area (TPSA) is 68.5 Å². The molecule has 2 fully saturated rings. The summed E-state index contributed by atoms with van der Waals surface area (Å²) in [5.74, 6) is 2.16. The molecule has 0 amide bonds. The maximum atomic E-state index is 14.4. The van der Waals surface area contributed by atoms with Crippen molar-refractivity contribution < 1.29 is 13.9 Å². The van der Waals surface area contributed by atoms with E-state index in [0.29, 0.717) is 24.8 Å². The van der Waals surface area contributed by atoms with Crippen molar-refractivity contribution in [3.05, 3.63) is 59.7 Å². The van der Waals surface area contributed by atoms with Crippen LogP contribution in [0, 0.1) is 5.82 Å². The van der Waals surface area contributed by atoms with Crippen molar-refractivity contribution in [1.82, 2.24) is 25.1 Å². The first-order valence-electron chi connectivity index (χ1n) is 12.4. The average molecular weight is 481 g/mol. The van der Waals surface area contributed by atoms with E-state index in [1.54, 1.807) is 20.3 Å². The van der Waals surface area contributed by atoms with Crippen LogP contribution < -0.4 is 14.4 Å². The van der Waals surface area contributed by atoms with E-state index in [0.717, 1.165) is 48.8 Å². The summed E-state index contributed by atoms with van der Waals surface area (Å²) in [5, 5.41) is 13.1. The highest BCUT2D eigenvalue weighted by atomic mass is 19.1. The minimum atomic E-state index is -0.209. The molecule has 3 aromatic rings. The fourth-order valence-corrected chi connectivity index (χ4v) is 5.45. The molecule has 1 atom stereocenters. The van der Waals surface area contributed by atoms with Crippen molar-refractivity contribution in [2.45, 2.75) is 44.2 Å². The van der Waals surface area contributed by atoms with Gasteiger partial charge in [-0.25, -0.2) is 9.07 Å². The molecule has 186 valence electrons. The van der Waals surface area contributed by atoms with Crippen molar-refractivity contribution in [3.63, 3.8) is 0 Å². The Morgan fingerprint density at radius 3 is 2.43 bits per heavy atom. The van der Waals surface area contributed by atoms with Gasteiger partial charge in [0.2, 0.25) is 0 Å². The predicted molar refractivity (Wildman–Crippen MR) is 132 cm³/mol. The number of para-hydroxylation sites is 1. The van der Waals surface area contributed by atoms with Gasteiger partial charge in [0.1, 0.15) is 23.4 Å². The van der Waals surface area contributed by atoms with Crippen LogP contribution in [0.2, 0.25) is 0 Å². The van der Waals surface area contributed by atoms with Gasteiger partial charge in [0.05, 0.1) is 25.9 Å². The lowest BCUT2D eigenvalue weighted by molar-refractivity contribution is 0.190. The number of piperazine rings is 1. The van der Waals surface area contributed by atoms with Crippen molar-refractivity contribution in [1.29, 1.82) is 0 Å². The number of aromatic nitrogens is 4. The van der Waals surface area contributed by atoms with Gasteiger partial charge in [0.25, 0.3) is 0 Å². The van der Waals surface area contributed by atoms with E-state index in [2.05, 4.69) is 25.3 Å². The molecule has 1 saturated heterocycles. The number of tetrazole rings is 1. The number of benzene rings is 2. The Hall–Kier alpha value is -3.20. The van der Waals surface area contributed by atoms with Gasteiger partial charge in [-0.15, -0.1) is 5.10 Å². The van der Waals surface area contributed by atoms with Crippen LogP contribution in [0.1, 0.15) is 55.6 Å². The fraction of sp³-hybridized carbons (Fsp3) is 0.500. The number of ether oxygens (including phenoxy) is 2. The van der Waals surface area contributed by atoms with Gasteiger partial charge < -0.3 is 14.4 Å². The zero-order chi connectivity index (χ0) is 24.2. The van der Waals surface area contributed by atoms with E-state index in [9.17, 15) is 4.39 Å². The van der Waals surface area contributed by atoms with E-state index in [1.807, 2.05) is 35.0 Å². The molecule has 8 nitrogen and oxygen atoms in total. The average Bonchev–Trinajstić information content (AvgIpc) is 3.39. The molecule has 0 radical (unpaired) electrons. The lowest BCUT2D eigenvalue weighted by atomic mass is 9.94. The van der Waals surface area contributed by atoms with E-state index in [1.165, 1.54) is 25.3 Å². The standard InChI is InChI=1S/C26H33FN6O2/c1-34-20-12-13-24(35-2)21(18-20)25(26-28-29-30-33(26)19-8-4-3-5-9-19)32-16-14-31(15-17-32)23-11-7-6-10-22(23)27/h6-7,10-13,18-19,25H,3-5,8-9,14-17H2,1-2H3/t25-/m0/s1. The lowest BCUT2D eigenvalue weighted by Gasteiger charge is -2.40. The molecule has 1 aromatic heterocycles. The second-order valence-corrected chi connectivity index (χ2v) is 9.26. The van der Waals surface area contributed by atoms with Crippen molar-refractivity contribution in [3.8, 4) is 11.5 Å². The van der Waals surface area contributed by atoms with Crippen LogP contribution in [-0.4, -0.2) is 65.5 Å². The summed E-state index contributed by atoms with van der Waals surface area (Å²) in [7, 11) is 3.35. The highest BCUT2D eigenvalue weighted by Crippen LogP contribution is 2.39. The highest BCUT2D eigenvalue weighted by Gasteiger charge is 2.35. The summed E-state index contributed by atoms with van der Waals surface area (Å²) in [6, 6.07) is 12.9. The third kappa shape index (κ3) is 4.82. The summed E-state index contributed by atoms with van der Waals surface area (Å²) < 4.78 is 27.8.